The number of piperidine rings is 1. The van der Waals surface area contributed by atoms with Gasteiger partial charge in [-0.3, -0.25) is 4.79 Å². The van der Waals surface area contributed by atoms with E-state index in [-0.39, 0.29) is 23.2 Å². The average molecular weight is 450 g/mol. The molecule has 1 atom stereocenters. The summed E-state index contributed by atoms with van der Waals surface area (Å²) in [5, 5.41) is 2.72. The summed E-state index contributed by atoms with van der Waals surface area (Å²) in [5.41, 5.74) is 0.883. The third-order valence-corrected chi connectivity index (χ3v) is 7.75. The molecular formula is C22H25F2N3O3S. The Balaban J connectivity index is 1.43. The molecule has 1 unspecified atom stereocenters. The van der Waals surface area contributed by atoms with E-state index in [2.05, 4.69) is 5.32 Å². The van der Waals surface area contributed by atoms with Gasteiger partial charge in [0, 0.05) is 31.9 Å². The highest BCUT2D eigenvalue weighted by atomic mass is 32.2. The quantitative estimate of drug-likeness (QED) is 0.757. The van der Waals surface area contributed by atoms with Crippen LogP contribution in [0.3, 0.4) is 0 Å². The van der Waals surface area contributed by atoms with Crippen molar-refractivity contribution in [3.05, 3.63) is 54.1 Å². The van der Waals surface area contributed by atoms with Crippen LogP contribution >= 0.6 is 0 Å². The Kier molecular flexibility index (Phi) is 6.24. The first kappa shape index (κ1) is 21.7. The van der Waals surface area contributed by atoms with Crippen molar-refractivity contribution in [3.63, 3.8) is 0 Å². The SMILES string of the molecule is O=C(Nc1ccc(N2CCCC2)c(F)c1)C1CCCN(S(=O)(=O)c2ccc(F)cc2)C1. The molecule has 4 rings (SSSR count). The molecule has 0 spiro atoms. The van der Waals surface area contributed by atoms with Crippen LogP contribution in [0, 0.1) is 17.6 Å². The number of halogens is 2. The van der Waals surface area contributed by atoms with Gasteiger partial charge in [0.15, 0.2) is 0 Å². The number of benzene rings is 2. The first-order chi connectivity index (χ1) is 14.8. The van der Waals surface area contributed by atoms with Crippen molar-refractivity contribution in [3.8, 4) is 0 Å². The van der Waals surface area contributed by atoms with E-state index in [9.17, 15) is 22.0 Å². The topological polar surface area (TPSA) is 69.7 Å². The zero-order valence-corrected chi connectivity index (χ0v) is 17.9. The van der Waals surface area contributed by atoms with Gasteiger partial charge in [0.2, 0.25) is 15.9 Å². The Hall–Kier alpha value is -2.52. The average Bonchev–Trinajstić information content (AvgIpc) is 3.29. The Morgan fingerprint density at radius 3 is 2.35 bits per heavy atom. The molecule has 0 radical (unpaired) electrons. The Bertz CT molecular complexity index is 1050. The number of carbonyl (C=O) groups is 1. The molecule has 2 heterocycles. The van der Waals surface area contributed by atoms with Crippen LogP contribution in [-0.2, 0) is 14.8 Å². The van der Waals surface area contributed by atoms with Gasteiger partial charge in [0.1, 0.15) is 11.6 Å². The van der Waals surface area contributed by atoms with Crippen LogP contribution in [0.4, 0.5) is 20.2 Å². The summed E-state index contributed by atoms with van der Waals surface area (Å²) >= 11 is 0. The highest BCUT2D eigenvalue weighted by molar-refractivity contribution is 7.89. The predicted molar refractivity (Wildman–Crippen MR) is 114 cm³/mol. The van der Waals surface area contributed by atoms with Crippen LogP contribution < -0.4 is 10.2 Å². The molecule has 2 aromatic rings. The molecule has 0 saturated carbocycles. The maximum atomic E-state index is 14.5. The first-order valence-electron chi connectivity index (χ1n) is 10.5. The fraction of sp³-hybridized carbons (Fsp3) is 0.409. The third kappa shape index (κ3) is 4.72. The highest BCUT2D eigenvalue weighted by Gasteiger charge is 2.33. The van der Waals surface area contributed by atoms with Gasteiger partial charge in [-0.25, -0.2) is 17.2 Å². The molecule has 1 amide bonds. The predicted octanol–water partition coefficient (Wildman–Crippen LogP) is 3.60. The van der Waals surface area contributed by atoms with Crippen molar-refractivity contribution < 1.29 is 22.0 Å². The van der Waals surface area contributed by atoms with E-state index in [1.165, 1.54) is 22.5 Å². The maximum Gasteiger partial charge on any atom is 0.243 e. The summed E-state index contributed by atoms with van der Waals surface area (Å²) in [6.07, 6.45) is 3.14. The third-order valence-electron chi connectivity index (χ3n) is 5.87. The molecule has 2 fully saturated rings. The van der Waals surface area contributed by atoms with Crippen molar-refractivity contribution in [2.24, 2.45) is 5.92 Å². The molecule has 0 aromatic heterocycles. The van der Waals surface area contributed by atoms with Gasteiger partial charge in [0.05, 0.1) is 16.5 Å². The molecule has 0 bridgehead atoms. The number of sulfonamides is 1. The summed E-state index contributed by atoms with van der Waals surface area (Å²) in [5.74, 6) is -1.79. The maximum absolute atomic E-state index is 14.5. The number of nitrogens with one attached hydrogen (secondary N) is 1. The van der Waals surface area contributed by atoms with Gasteiger partial charge < -0.3 is 10.2 Å². The summed E-state index contributed by atoms with van der Waals surface area (Å²) in [6.45, 7) is 1.97. The van der Waals surface area contributed by atoms with Gasteiger partial charge in [-0.1, -0.05) is 0 Å². The molecule has 166 valence electrons. The summed E-state index contributed by atoms with van der Waals surface area (Å²) in [7, 11) is -3.82. The Morgan fingerprint density at radius 2 is 1.68 bits per heavy atom. The van der Waals surface area contributed by atoms with Crippen molar-refractivity contribution >= 4 is 27.3 Å². The van der Waals surface area contributed by atoms with E-state index >= 15 is 0 Å². The minimum Gasteiger partial charge on any atom is -0.369 e. The minimum atomic E-state index is -3.82. The molecule has 2 aliphatic rings. The Labute approximate surface area is 180 Å². The lowest BCUT2D eigenvalue weighted by atomic mass is 9.98. The molecule has 6 nitrogen and oxygen atoms in total. The number of amides is 1. The van der Waals surface area contributed by atoms with Crippen LogP contribution in [0.5, 0.6) is 0 Å². The molecule has 2 saturated heterocycles. The van der Waals surface area contributed by atoms with E-state index in [0.29, 0.717) is 30.8 Å². The van der Waals surface area contributed by atoms with Gasteiger partial charge in [0.25, 0.3) is 0 Å². The van der Waals surface area contributed by atoms with E-state index in [1.807, 2.05) is 4.90 Å². The molecule has 0 aliphatic carbocycles. The molecule has 2 aromatic carbocycles. The lowest BCUT2D eigenvalue weighted by Crippen LogP contribution is -2.43. The number of rotatable bonds is 5. The number of hydrogen-bond donors (Lipinski definition) is 1. The zero-order valence-electron chi connectivity index (χ0n) is 17.1. The van der Waals surface area contributed by atoms with Crippen LogP contribution in [0.1, 0.15) is 25.7 Å². The van der Waals surface area contributed by atoms with Crippen molar-refractivity contribution in [2.45, 2.75) is 30.6 Å². The monoisotopic (exact) mass is 449 g/mol. The number of carbonyl (C=O) groups excluding carboxylic acids is 1. The number of nitrogens with zero attached hydrogens (tertiary/aromatic N) is 2. The van der Waals surface area contributed by atoms with Gasteiger partial charge in [-0.05, 0) is 68.1 Å². The smallest absolute Gasteiger partial charge is 0.243 e. The van der Waals surface area contributed by atoms with Gasteiger partial charge in [-0.2, -0.15) is 4.31 Å². The van der Waals surface area contributed by atoms with Crippen LogP contribution in [0.2, 0.25) is 0 Å². The molecular weight excluding hydrogens is 424 g/mol. The van der Waals surface area contributed by atoms with Crippen LogP contribution in [0.25, 0.3) is 0 Å². The molecule has 31 heavy (non-hydrogen) atoms. The molecule has 9 heteroatoms. The zero-order chi connectivity index (χ0) is 22.0. The molecule has 1 N–H and O–H groups in total. The lowest BCUT2D eigenvalue weighted by molar-refractivity contribution is -0.120. The minimum absolute atomic E-state index is 0.00506. The number of hydrogen-bond acceptors (Lipinski definition) is 4. The van der Waals surface area contributed by atoms with E-state index in [0.717, 1.165) is 38.1 Å². The van der Waals surface area contributed by atoms with Gasteiger partial charge in [-0.15, -0.1) is 0 Å². The summed E-state index contributed by atoms with van der Waals surface area (Å²) < 4.78 is 54.6. The second-order valence-electron chi connectivity index (χ2n) is 8.01. The standard InChI is InChI=1S/C22H25F2N3O3S/c23-17-5-8-19(9-6-17)31(29,30)27-13-3-4-16(15-27)22(28)25-18-7-10-21(20(24)14-18)26-11-1-2-12-26/h5-10,14,16H,1-4,11-13,15H2,(H,25,28). The highest BCUT2D eigenvalue weighted by Crippen LogP contribution is 2.28. The first-order valence-corrected chi connectivity index (χ1v) is 11.9. The second kappa shape index (κ2) is 8.92. The van der Waals surface area contributed by atoms with Crippen molar-refractivity contribution in [1.29, 1.82) is 0 Å². The van der Waals surface area contributed by atoms with Crippen LogP contribution in [0.15, 0.2) is 47.4 Å². The van der Waals surface area contributed by atoms with Gasteiger partial charge >= 0.3 is 0 Å². The summed E-state index contributed by atoms with van der Waals surface area (Å²) in [4.78, 5) is 14.7. The van der Waals surface area contributed by atoms with Crippen molar-refractivity contribution in [1.82, 2.24) is 4.31 Å². The fourth-order valence-electron chi connectivity index (χ4n) is 4.17. The second-order valence-corrected chi connectivity index (χ2v) is 9.94. The summed E-state index contributed by atoms with van der Waals surface area (Å²) in [6, 6.07) is 9.29. The van der Waals surface area contributed by atoms with E-state index in [4.69, 9.17) is 0 Å². The van der Waals surface area contributed by atoms with E-state index in [1.54, 1.807) is 12.1 Å². The largest absolute Gasteiger partial charge is 0.369 e. The van der Waals surface area contributed by atoms with Crippen LogP contribution in [-0.4, -0.2) is 44.8 Å². The lowest BCUT2D eigenvalue weighted by Gasteiger charge is -2.31. The van der Waals surface area contributed by atoms with Crippen molar-refractivity contribution in [2.75, 3.05) is 36.4 Å². The fourth-order valence-corrected chi connectivity index (χ4v) is 5.70. The Morgan fingerprint density at radius 1 is 0.968 bits per heavy atom. The number of anilines is 2. The van der Waals surface area contributed by atoms with E-state index < -0.39 is 21.8 Å². The normalized spacial score (nSPS) is 20.1. The molecule has 2 aliphatic heterocycles.